The average molecular weight is 315 g/mol. The zero-order valence-corrected chi connectivity index (χ0v) is 12.6. The third-order valence-corrected chi connectivity index (χ3v) is 5.38. The molecule has 0 fully saturated rings. The molecule has 0 saturated heterocycles. The van der Waals surface area contributed by atoms with Gasteiger partial charge in [0.2, 0.25) is 0 Å². The molecule has 0 N–H and O–H groups in total. The summed E-state index contributed by atoms with van der Waals surface area (Å²) >= 11 is 0. The van der Waals surface area contributed by atoms with E-state index >= 15 is 0 Å². The van der Waals surface area contributed by atoms with Crippen molar-refractivity contribution in [1.82, 2.24) is 0 Å². The van der Waals surface area contributed by atoms with Gasteiger partial charge in [0.05, 0.1) is 27.5 Å². The van der Waals surface area contributed by atoms with Gasteiger partial charge in [0.1, 0.15) is 0 Å². The fourth-order valence-electron chi connectivity index (χ4n) is 2.39. The monoisotopic (exact) mass is 315 g/mol. The lowest BCUT2D eigenvalue weighted by molar-refractivity contribution is 0.0926. The number of imide groups is 1. The molecule has 112 valence electrons. The standard InChI is InChI=1S/C16H13NO4S/c1-2-22(20,21)12-9-7-11(8-10-12)17-15(18)13-5-3-4-6-14(13)16(17)19/h3-10H,2H2,1H3. The first-order valence-electron chi connectivity index (χ1n) is 6.76. The van der Waals surface area contributed by atoms with E-state index in [0.29, 0.717) is 16.8 Å². The maximum absolute atomic E-state index is 12.3. The van der Waals surface area contributed by atoms with Crippen molar-refractivity contribution in [3.8, 4) is 0 Å². The number of benzene rings is 2. The van der Waals surface area contributed by atoms with Gasteiger partial charge >= 0.3 is 0 Å². The van der Waals surface area contributed by atoms with Crippen LogP contribution in [0.5, 0.6) is 0 Å². The highest BCUT2D eigenvalue weighted by atomic mass is 32.2. The Hall–Kier alpha value is -2.47. The zero-order valence-electron chi connectivity index (χ0n) is 11.8. The predicted molar refractivity (Wildman–Crippen MR) is 81.8 cm³/mol. The Balaban J connectivity index is 2.00. The first-order valence-corrected chi connectivity index (χ1v) is 8.41. The Morgan fingerprint density at radius 3 is 1.82 bits per heavy atom. The van der Waals surface area contributed by atoms with Crippen LogP contribution in [0.2, 0.25) is 0 Å². The van der Waals surface area contributed by atoms with Crippen LogP contribution in [0.3, 0.4) is 0 Å². The highest BCUT2D eigenvalue weighted by molar-refractivity contribution is 7.91. The minimum absolute atomic E-state index is 0.000632. The van der Waals surface area contributed by atoms with Gasteiger partial charge in [-0.05, 0) is 36.4 Å². The van der Waals surface area contributed by atoms with E-state index < -0.39 is 21.7 Å². The molecule has 0 unspecified atom stereocenters. The smallest absolute Gasteiger partial charge is 0.266 e. The Morgan fingerprint density at radius 2 is 1.36 bits per heavy atom. The number of rotatable bonds is 3. The summed E-state index contributed by atoms with van der Waals surface area (Å²) in [5.74, 6) is -0.794. The summed E-state index contributed by atoms with van der Waals surface area (Å²) in [6, 6.07) is 12.4. The highest BCUT2D eigenvalue weighted by Crippen LogP contribution is 2.28. The van der Waals surface area contributed by atoms with E-state index in [1.54, 1.807) is 31.2 Å². The summed E-state index contributed by atoms with van der Waals surface area (Å²) in [7, 11) is -3.31. The van der Waals surface area contributed by atoms with Crippen molar-refractivity contribution in [2.75, 3.05) is 10.7 Å². The largest absolute Gasteiger partial charge is 0.268 e. The van der Waals surface area contributed by atoms with Crippen LogP contribution in [-0.2, 0) is 9.84 Å². The quantitative estimate of drug-likeness (QED) is 0.815. The molecule has 2 aromatic rings. The van der Waals surface area contributed by atoms with Crippen molar-refractivity contribution in [2.45, 2.75) is 11.8 Å². The van der Waals surface area contributed by atoms with Crippen LogP contribution < -0.4 is 4.90 Å². The van der Waals surface area contributed by atoms with Crippen LogP contribution in [0.4, 0.5) is 5.69 Å². The third kappa shape index (κ3) is 2.12. The van der Waals surface area contributed by atoms with E-state index in [9.17, 15) is 18.0 Å². The Bertz CT molecular complexity index is 834. The van der Waals surface area contributed by atoms with Crippen molar-refractivity contribution in [2.24, 2.45) is 0 Å². The summed E-state index contributed by atoms with van der Waals surface area (Å²) in [5.41, 5.74) is 1.08. The summed E-state index contributed by atoms with van der Waals surface area (Å²) < 4.78 is 23.6. The average Bonchev–Trinajstić information content (AvgIpc) is 2.79. The van der Waals surface area contributed by atoms with Gasteiger partial charge in [-0.15, -0.1) is 0 Å². The van der Waals surface area contributed by atoms with Crippen LogP contribution in [-0.4, -0.2) is 26.0 Å². The Morgan fingerprint density at radius 1 is 0.864 bits per heavy atom. The van der Waals surface area contributed by atoms with E-state index in [-0.39, 0.29) is 10.6 Å². The molecule has 0 aliphatic carbocycles. The zero-order chi connectivity index (χ0) is 15.9. The second-order valence-corrected chi connectivity index (χ2v) is 7.17. The van der Waals surface area contributed by atoms with E-state index in [4.69, 9.17) is 0 Å². The fourth-order valence-corrected chi connectivity index (χ4v) is 3.28. The Labute approximate surface area is 128 Å². The van der Waals surface area contributed by atoms with Crippen LogP contribution >= 0.6 is 0 Å². The second-order valence-electron chi connectivity index (χ2n) is 4.89. The van der Waals surface area contributed by atoms with E-state index in [1.807, 2.05) is 0 Å². The number of carbonyl (C=O) groups is 2. The molecule has 2 aromatic carbocycles. The summed E-state index contributed by atoms with van der Waals surface area (Å²) in [6.07, 6.45) is 0. The molecule has 0 radical (unpaired) electrons. The lowest BCUT2D eigenvalue weighted by Crippen LogP contribution is -2.29. The van der Waals surface area contributed by atoms with Gasteiger partial charge in [0.15, 0.2) is 9.84 Å². The molecule has 6 heteroatoms. The van der Waals surface area contributed by atoms with Gasteiger partial charge in [-0.1, -0.05) is 19.1 Å². The predicted octanol–water partition coefficient (Wildman–Crippen LogP) is 2.28. The molecule has 1 aliphatic heterocycles. The lowest BCUT2D eigenvalue weighted by atomic mass is 10.1. The molecule has 2 amide bonds. The maximum Gasteiger partial charge on any atom is 0.266 e. The molecule has 0 saturated carbocycles. The van der Waals surface area contributed by atoms with Crippen molar-refractivity contribution in [1.29, 1.82) is 0 Å². The summed E-state index contributed by atoms with van der Waals surface area (Å²) in [6.45, 7) is 1.56. The lowest BCUT2D eigenvalue weighted by Gasteiger charge is -2.14. The molecule has 0 aromatic heterocycles. The van der Waals surface area contributed by atoms with Crippen LogP contribution in [0.1, 0.15) is 27.6 Å². The minimum atomic E-state index is -3.31. The van der Waals surface area contributed by atoms with Crippen molar-refractivity contribution >= 4 is 27.3 Å². The molecular weight excluding hydrogens is 302 g/mol. The normalized spacial score (nSPS) is 14.3. The number of hydrogen-bond donors (Lipinski definition) is 0. The first kappa shape index (κ1) is 14.5. The molecule has 1 aliphatic rings. The number of nitrogens with zero attached hydrogens (tertiary/aromatic N) is 1. The highest BCUT2D eigenvalue weighted by Gasteiger charge is 2.36. The maximum atomic E-state index is 12.3. The number of anilines is 1. The second kappa shape index (κ2) is 5.06. The van der Waals surface area contributed by atoms with Crippen LogP contribution in [0, 0.1) is 0 Å². The molecule has 0 spiro atoms. The molecule has 0 atom stereocenters. The Kier molecular flexibility index (Phi) is 3.33. The summed E-state index contributed by atoms with van der Waals surface area (Å²) in [4.78, 5) is 25.9. The van der Waals surface area contributed by atoms with E-state index in [1.165, 1.54) is 24.3 Å². The molecular formula is C16H13NO4S. The van der Waals surface area contributed by atoms with Gasteiger partial charge < -0.3 is 0 Å². The van der Waals surface area contributed by atoms with E-state index in [2.05, 4.69) is 0 Å². The van der Waals surface area contributed by atoms with Crippen molar-refractivity contribution in [3.05, 3.63) is 59.7 Å². The van der Waals surface area contributed by atoms with Crippen molar-refractivity contribution in [3.63, 3.8) is 0 Å². The number of carbonyl (C=O) groups excluding carboxylic acids is 2. The summed E-state index contributed by atoms with van der Waals surface area (Å²) in [5, 5.41) is 0. The number of hydrogen-bond acceptors (Lipinski definition) is 4. The first-order chi connectivity index (χ1) is 10.5. The SMILES string of the molecule is CCS(=O)(=O)c1ccc(N2C(=O)c3ccccc3C2=O)cc1. The topological polar surface area (TPSA) is 71.5 Å². The fraction of sp³-hybridized carbons (Fsp3) is 0.125. The number of fused-ring (bicyclic) bond motifs is 1. The molecule has 22 heavy (non-hydrogen) atoms. The number of amides is 2. The third-order valence-electron chi connectivity index (χ3n) is 3.63. The van der Waals surface area contributed by atoms with Gasteiger partial charge in [0, 0.05) is 0 Å². The number of sulfone groups is 1. The van der Waals surface area contributed by atoms with Crippen LogP contribution in [0.25, 0.3) is 0 Å². The van der Waals surface area contributed by atoms with E-state index in [0.717, 1.165) is 4.90 Å². The molecule has 3 rings (SSSR count). The molecule has 1 heterocycles. The molecule has 0 bridgehead atoms. The minimum Gasteiger partial charge on any atom is -0.268 e. The van der Waals surface area contributed by atoms with Crippen LogP contribution in [0.15, 0.2) is 53.4 Å². The van der Waals surface area contributed by atoms with Gasteiger partial charge in [-0.2, -0.15) is 0 Å². The van der Waals surface area contributed by atoms with Gasteiger partial charge in [-0.3, -0.25) is 9.59 Å². The van der Waals surface area contributed by atoms with Gasteiger partial charge in [-0.25, -0.2) is 13.3 Å². The molecule has 5 nitrogen and oxygen atoms in total. The van der Waals surface area contributed by atoms with Gasteiger partial charge in [0.25, 0.3) is 11.8 Å². The van der Waals surface area contributed by atoms with Crippen molar-refractivity contribution < 1.29 is 18.0 Å².